The molecule has 0 aliphatic heterocycles. The third-order valence-corrected chi connectivity index (χ3v) is 5.88. The Morgan fingerprint density at radius 1 is 1.04 bits per heavy atom. The van der Waals surface area contributed by atoms with Gasteiger partial charge >= 0.3 is 0 Å². The molecule has 0 aliphatic carbocycles. The Hall–Kier alpha value is -1.39. The van der Waals surface area contributed by atoms with E-state index in [0.717, 1.165) is 17.0 Å². The molecule has 0 saturated carbocycles. The minimum atomic E-state index is 0.0191. The molecule has 0 fully saturated rings. The van der Waals surface area contributed by atoms with Crippen molar-refractivity contribution in [3.05, 3.63) is 59.7 Å². The smallest absolute Gasteiger partial charge is 0.228 e. The lowest BCUT2D eigenvalue weighted by Gasteiger charge is -2.09. The van der Waals surface area contributed by atoms with Gasteiger partial charge < -0.3 is 5.32 Å². The van der Waals surface area contributed by atoms with Crippen molar-refractivity contribution < 1.29 is 4.79 Å². The molecular formula is C19H23NOS2. The van der Waals surface area contributed by atoms with Gasteiger partial charge in [-0.15, -0.1) is 0 Å². The highest BCUT2D eigenvalue weighted by atomic mass is 33.1. The van der Waals surface area contributed by atoms with Gasteiger partial charge in [0.2, 0.25) is 5.91 Å². The van der Waals surface area contributed by atoms with E-state index >= 15 is 0 Å². The average Bonchev–Trinajstić information content (AvgIpc) is 2.54. The van der Waals surface area contributed by atoms with E-state index in [2.05, 4.69) is 50.4 Å². The maximum Gasteiger partial charge on any atom is 0.228 e. The summed E-state index contributed by atoms with van der Waals surface area (Å²) >= 11 is 0. The van der Waals surface area contributed by atoms with Gasteiger partial charge in [-0.1, -0.05) is 66.6 Å². The molecule has 2 aromatic rings. The standard InChI is InChI=1S/C19H23NOS2/c1-4-22-23-18-11-5-15(6-12-18)13-19(21)20-17-9-7-16(8-10-17)14(2)3/h5-12,14H,4,13H2,1-3H3,(H,20,21). The molecule has 0 spiro atoms. The highest BCUT2D eigenvalue weighted by molar-refractivity contribution is 8.76. The van der Waals surface area contributed by atoms with Gasteiger partial charge in [-0.25, -0.2) is 0 Å². The predicted octanol–water partition coefficient (Wildman–Crippen LogP) is 5.75. The van der Waals surface area contributed by atoms with Crippen molar-refractivity contribution in [3.8, 4) is 0 Å². The lowest BCUT2D eigenvalue weighted by Crippen LogP contribution is -2.14. The first kappa shape index (κ1) is 18.0. The molecule has 0 saturated heterocycles. The Morgan fingerprint density at radius 3 is 2.26 bits per heavy atom. The topological polar surface area (TPSA) is 29.1 Å². The maximum absolute atomic E-state index is 12.1. The van der Waals surface area contributed by atoms with Crippen LogP contribution in [-0.2, 0) is 11.2 Å². The van der Waals surface area contributed by atoms with E-state index in [0.29, 0.717) is 12.3 Å². The maximum atomic E-state index is 12.1. The fraction of sp³-hybridized carbons (Fsp3) is 0.316. The number of amides is 1. The molecule has 0 radical (unpaired) electrons. The molecule has 2 rings (SSSR count). The molecule has 0 atom stereocenters. The summed E-state index contributed by atoms with van der Waals surface area (Å²) in [5, 5.41) is 2.96. The Morgan fingerprint density at radius 2 is 1.70 bits per heavy atom. The molecule has 1 N–H and O–H groups in total. The summed E-state index contributed by atoms with van der Waals surface area (Å²) < 4.78 is 0. The van der Waals surface area contributed by atoms with Crippen molar-refractivity contribution in [1.82, 2.24) is 0 Å². The van der Waals surface area contributed by atoms with Crippen LogP contribution in [0.4, 0.5) is 5.69 Å². The molecule has 0 unspecified atom stereocenters. The van der Waals surface area contributed by atoms with Crippen LogP contribution in [0.2, 0.25) is 0 Å². The van der Waals surface area contributed by atoms with E-state index in [4.69, 9.17) is 0 Å². The summed E-state index contributed by atoms with van der Waals surface area (Å²) in [6, 6.07) is 16.3. The molecule has 23 heavy (non-hydrogen) atoms. The Labute approximate surface area is 146 Å². The number of benzene rings is 2. The van der Waals surface area contributed by atoms with Crippen LogP contribution >= 0.6 is 21.6 Å². The van der Waals surface area contributed by atoms with E-state index < -0.39 is 0 Å². The number of anilines is 1. The van der Waals surface area contributed by atoms with Crippen LogP contribution in [0.15, 0.2) is 53.4 Å². The van der Waals surface area contributed by atoms with Crippen LogP contribution < -0.4 is 5.32 Å². The van der Waals surface area contributed by atoms with E-state index in [1.165, 1.54) is 10.5 Å². The first-order valence-electron chi connectivity index (χ1n) is 7.86. The second kappa shape index (κ2) is 9.04. The van der Waals surface area contributed by atoms with Gasteiger partial charge in [0, 0.05) is 16.3 Å². The minimum absolute atomic E-state index is 0.0191. The van der Waals surface area contributed by atoms with E-state index in [1.807, 2.05) is 35.1 Å². The molecule has 0 aromatic heterocycles. The molecule has 1 amide bonds. The molecule has 2 nitrogen and oxygen atoms in total. The number of nitrogens with one attached hydrogen (secondary N) is 1. The number of rotatable bonds is 7. The molecule has 4 heteroatoms. The fourth-order valence-corrected chi connectivity index (χ4v) is 3.73. The highest BCUT2D eigenvalue weighted by Gasteiger charge is 2.05. The normalized spacial score (nSPS) is 10.8. The highest BCUT2D eigenvalue weighted by Crippen LogP contribution is 2.30. The Balaban J connectivity index is 1.88. The summed E-state index contributed by atoms with van der Waals surface area (Å²) in [7, 11) is 3.59. The lowest BCUT2D eigenvalue weighted by molar-refractivity contribution is -0.115. The number of hydrogen-bond donors (Lipinski definition) is 1. The van der Waals surface area contributed by atoms with E-state index in [1.54, 1.807) is 10.8 Å². The van der Waals surface area contributed by atoms with Gasteiger partial charge in [0.25, 0.3) is 0 Å². The molecule has 2 aromatic carbocycles. The molecule has 0 bridgehead atoms. The largest absolute Gasteiger partial charge is 0.326 e. The summed E-state index contributed by atoms with van der Waals surface area (Å²) in [5.74, 6) is 1.61. The summed E-state index contributed by atoms with van der Waals surface area (Å²) in [4.78, 5) is 13.4. The van der Waals surface area contributed by atoms with Crippen LogP contribution in [0.5, 0.6) is 0 Å². The summed E-state index contributed by atoms with van der Waals surface area (Å²) in [6.07, 6.45) is 0.401. The lowest BCUT2D eigenvalue weighted by atomic mass is 10.0. The summed E-state index contributed by atoms with van der Waals surface area (Å²) in [6.45, 7) is 6.47. The molecule has 122 valence electrons. The molecule has 0 heterocycles. The van der Waals surface area contributed by atoms with Gasteiger partial charge in [0.05, 0.1) is 6.42 Å². The number of carbonyl (C=O) groups excluding carboxylic acids is 1. The van der Waals surface area contributed by atoms with Gasteiger partial charge in [-0.2, -0.15) is 0 Å². The number of carbonyl (C=O) groups is 1. The van der Waals surface area contributed by atoms with Crippen molar-refractivity contribution in [1.29, 1.82) is 0 Å². The Kier molecular flexibility index (Phi) is 7.06. The monoisotopic (exact) mass is 345 g/mol. The first-order chi connectivity index (χ1) is 11.1. The molecule has 0 aliphatic rings. The predicted molar refractivity (Wildman–Crippen MR) is 103 cm³/mol. The average molecular weight is 346 g/mol. The second-order valence-corrected chi connectivity index (χ2v) is 8.29. The third kappa shape index (κ3) is 5.96. The summed E-state index contributed by atoms with van der Waals surface area (Å²) in [5.41, 5.74) is 3.17. The minimum Gasteiger partial charge on any atom is -0.326 e. The van der Waals surface area contributed by atoms with Gasteiger partial charge in [-0.3, -0.25) is 4.79 Å². The quantitative estimate of drug-likeness (QED) is 0.648. The molecular weight excluding hydrogens is 322 g/mol. The van der Waals surface area contributed by atoms with Gasteiger partial charge in [0.15, 0.2) is 0 Å². The zero-order chi connectivity index (χ0) is 16.7. The Bertz CT molecular complexity index is 621. The van der Waals surface area contributed by atoms with Crippen molar-refractivity contribution in [2.24, 2.45) is 0 Å². The fourth-order valence-electron chi connectivity index (χ4n) is 2.13. The SMILES string of the molecule is CCSSc1ccc(CC(=O)Nc2ccc(C(C)C)cc2)cc1. The van der Waals surface area contributed by atoms with Crippen LogP contribution in [0.25, 0.3) is 0 Å². The second-order valence-electron chi connectivity index (χ2n) is 5.64. The van der Waals surface area contributed by atoms with Crippen molar-refractivity contribution in [2.45, 2.75) is 38.0 Å². The van der Waals surface area contributed by atoms with Crippen LogP contribution in [0.1, 0.15) is 37.8 Å². The van der Waals surface area contributed by atoms with Crippen LogP contribution in [0.3, 0.4) is 0 Å². The van der Waals surface area contributed by atoms with E-state index in [-0.39, 0.29) is 5.91 Å². The van der Waals surface area contributed by atoms with Crippen molar-refractivity contribution >= 4 is 33.2 Å². The van der Waals surface area contributed by atoms with Crippen molar-refractivity contribution in [2.75, 3.05) is 11.1 Å². The van der Waals surface area contributed by atoms with Crippen LogP contribution in [0, 0.1) is 0 Å². The number of hydrogen-bond acceptors (Lipinski definition) is 3. The zero-order valence-corrected chi connectivity index (χ0v) is 15.5. The van der Waals surface area contributed by atoms with Crippen LogP contribution in [-0.4, -0.2) is 11.7 Å². The zero-order valence-electron chi connectivity index (χ0n) is 13.8. The van der Waals surface area contributed by atoms with Gasteiger partial charge in [0.1, 0.15) is 0 Å². The van der Waals surface area contributed by atoms with Crippen molar-refractivity contribution in [3.63, 3.8) is 0 Å². The van der Waals surface area contributed by atoms with E-state index in [9.17, 15) is 4.79 Å². The first-order valence-corrected chi connectivity index (χ1v) is 10.2. The third-order valence-electron chi connectivity index (χ3n) is 3.42. The van der Waals surface area contributed by atoms with Gasteiger partial charge in [-0.05, 0) is 41.3 Å².